The number of rotatable bonds is 3. The van der Waals surface area contributed by atoms with Gasteiger partial charge < -0.3 is 5.21 Å². The van der Waals surface area contributed by atoms with Crippen molar-refractivity contribution in [3.63, 3.8) is 0 Å². The fourth-order valence-corrected chi connectivity index (χ4v) is 4.55. The van der Waals surface area contributed by atoms with E-state index in [1.165, 1.54) is 16.4 Å². The molecule has 1 aromatic carbocycles. The summed E-state index contributed by atoms with van der Waals surface area (Å²) >= 11 is 9.14. The molecule has 5 nitrogen and oxygen atoms in total. The number of nitrogens with zero attached hydrogens (tertiary/aromatic N) is 2. The van der Waals surface area contributed by atoms with Crippen LogP contribution in [-0.2, 0) is 10.0 Å². The van der Waals surface area contributed by atoms with E-state index < -0.39 is 10.0 Å². The summed E-state index contributed by atoms with van der Waals surface area (Å²) in [5.74, 6) is -0.0470. The molecular weight excluding hydrogens is 380 g/mol. The van der Waals surface area contributed by atoms with Gasteiger partial charge in [-0.25, -0.2) is 8.42 Å². The molecule has 1 unspecified atom stereocenters. The average Bonchev–Trinajstić information content (AvgIpc) is 2.49. The van der Waals surface area contributed by atoms with Crippen molar-refractivity contribution < 1.29 is 13.6 Å². The summed E-state index contributed by atoms with van der Waals surface area (Å²) in [6, 6.07) is 4.56. The van der Waals surface area contributed by atoms with Crippen LogP contribution in [0.5, 0.6) is 0 Å². The molecule has 1 aliphatic heterocycles. The van der Waals surface area contributed by atoms with Gasteiger partial charge in [-0.3, -0.25) is 0 Å². The maximum atomic E-state index is 12.7. The van der Waals surface area contributed by atoms with Crippen LogP contribution < -0.4 is 0 Å². The fourth-order valence-electron chi connectivity index (χ4n) is 2.39. The summed E-state index contributed by atoms with van der Waals surface area (Å²) in [5, 5.41) is 12.7. The predicted molar refractivity (Wildman–Crippen MR) is 85.5 cm³/mol. The fraction of sp³-hybridized carbons (Fsp3) is 0.462. The maximum absolute atomic E-state index is 12.7. The third kappa shape index (κ3) is 3.41. The van der Waals surface area contributed by atoms with Gasteiger partial charge >= 0.3 is 0 Å². The molecule has 116 valence electrons. The molecule has 0 saturated carbocycles. The number of oxime groups is 1. The van der Waals surface area contributed by atoms with Gasteiger partial charge in [0.1, 0.15) is 0 Å². The summed E-state index contributed by atoms with van der Waals surface area (Å²) in [4.78, 5) is 0.206. The quantitative estimate of drug-likeness (QED) is 0.630. The van der Waals surface area contributed by atoms with Gasteiger partial charge in [0.25, 0.3) is 0 Å². The van der Waals surface area contributed by atoms with E-state index >= 15 is 0 Å². The van der Waals surface area contributed by atoms with Crippen molar-refractivity contribution >= 4 is 43.3 Å². The van der Waals surface area contributed by atoms with Crippen molar-refractivity contribution in [1.82, 2.24) is 4.31 Å². The van der Waals surface area contributed by atoms with E-state index in [0.717, 1.165) is 6.42 Å². The lowest BCUT2D eigenvalue weighted by Gasteiger charge is -2.32. The third-order valence-electron chi connectivity index (χ3n) is 3.66. The molecule has 0 radical (unpaired) electrons. The van der Waals surface area contributed by atoms with Crippen molar-refractivity contribution in [1.29, 1.82) is 0 Å². The minimum Gasteiger partial charge on any atom is -0.411 e. The lowest BCUT2D eigenvalue weighted by molar-refractivity contribution is 0.295. The van der Waals surface area contributed by atoms with Gasteiger partial charge in [-0.15, -0.1) is 0 Å². The van der Waals surface area contributed by atoms with Gasteiger partial charge in [0.2, 0.25) is 10.0 Å². The van der Waals surface area contributed by atoms with Crippen LogP contribution in [0.15, 0.2) is 32.7 Å². The van der Waals surface area contributed by atoms with E-state index in [-0.39, 0.29) is 10.8 Å². The van der Waals surface area contributed by atoms with Crippen LogP contribution in [0, 0.1) is 5.92 Å². The van der Waals surface area contributed by atoms with Crippen LogP contribution in [0.2, 0.25) is 5.02 Å². The normalized spacial score (nSPS) is 22.6. The molecule has 1 fully saturated rings. The van der Waals surface area contributed by atoms with E-state index in [2.05, 4.69) is 21.1 Å². The molecule has 1 aromatic rings. The first-order valence-electron chi connectivity index (χ1n) is 6.56. The highest BCUT2D eigenvalue weighted by molar-refractivity contribution is 9.10. The van der Waals surface area contributed by atoms with Gasteiger partial charge in [-0.05, 0) is 40.5 Å². The average molecular weight is 396 g/mol. The molecule has 0 spiro atoms. The smallest absolute Gasteiger partial charge is 0.243 e. The molecule has 8 heteroatoms. The lowest BCUT2D eigenvalue weighted by atomic mass is 9.95. The molecule has 1 atom stereocenters. The number of hydrogen-bond donors (Lipinski definition) is 1. The molecule has 1 saturated heterocycles. The summed E-state index contributed by atoms with van der Waals surface area (Å²) in [5.41, 5.74) is 0.668. The van der Waals surface area contributed by atoms with Crippen LogP contribution in [-0.4, -0.2) is 36.7 Å². The van der Waals surface area contributed by atoms with Crippen LogP contribution in [0.25, 0.3) is 0 Å². The lowest BCUT2D eigenvalue weighted by Crippen LogP contribution is -2.43. The van der Waals surface area contributed by atoms with E-state index in [0.29, 0.717) is 34.7 Å². The Balaban J connectivity index is 2.30. The Kier molecular flexibility index (Phi) is 5.29. The van der Waals surface area contributed by atoms with Crippen LogP contribution in [0.4, 0.5) is 0 Å². The van der Waals surface area contributed by atoms with Crippen molar-refractivity contribution in [2.75, 3.05) is 13.1 Å². The Labute approximate surface area is 137 Å². The Hall–Kier alpha value is -0.630. The maximum Gasteiger partial charge on any atom is 0.243 e. The van der Waals surface area contributed by atoms with Crippen molar-refractivity contribution in [2.45, 2.75) is 24.7 Å². The molecule has 21 heavy (non-hydrogen) atoms. The second-order valence-electron chi connectivity index (χ2n) is 4.89. The summed E-state index contributed by atoms with van der Waals surface area (Å²) in [6.07, 6.45) is 1.18. The van der Waals surface area contributed by atoms with E-state index in [1.807, 2.05) is 6.92 Å². The second kappa shape index (κ2) is 6.64. The number of benzene rings is 1. The molecule has 0 aromatic heterocycles. The minimum absolute atomic E-state index is 0.0470. The molecule has 1 heterocycles. The Morgan fingerprint density at radius 3 is 2.81 bits per heavy atom. The van der Waals surface area contributed by atoms with Crippen molar-refractivity contribution in [3.8, 4) is 0 Å². The highest BCUT2D eigenvalue weighted by Crippen LogP contribution is 2.29. The van der Waals surface area contributed by atoms with E-state index in [9.17, 15) is 8.42 Å². The Morgan fingerprint density at radius 1 is 1.52 bits per heavy atom. The Morgan fingerprint density at radius 2 is 2.24 bits per heavy atom. The SMILES string of the molecule is CCC1CN(S(=O)(=O)c2ccc(Cl)c(Br)c2)CC/C1=N\O. The molecule has 0 aliphatic carbocycles. The van der Waals surface area contributed by atoms with Crippen molar-refractivity contribution in [2.24, 2.45) is 11.1 Å². The first kappa shape index (κ1) is 16.7. The number of piperidine rings is 1. The first-order valence-corrected chi connectivity index (χ1v) is 9.17. The zero-order chi connectivity index (χ0) is 15.6. The highest BCUT2D eigenvalue weighted by atomic mass is 79.9. The summed E-state index contributed by atoms with van der Waals surface area (Å²) in [6.45, 7) is 2.60. The summed E-state index contributed by atoms with van der Waals surface area (Å²) in [7, 11) is -3.57. The molecule has 0 bridgehead atoms. The van der Waals surface area contributed by atoms with Crippen molar-refractivity contribution in [3.05, 3.63) is 27.7 Å². The summed E-state index contributed by atoms with van der Waals surface area (Å²) < 4.78 is 27.3. The van der Waals surface area contributed by atoms with E-state index in [1.54, 1.807) is 6.07 Å². The van der Waals surface area contributed by atoms with Gasteiger partial charge in [-0.2, -0.15) is 4.31 Å². The number of sulfonamides is 1. The van der Waals surface area contributed by atoms with Crippen LogP contribution in [0.1, 0.15) is 19.8 Å². The van der Waals surface area contributed by atoms with Crippen LogP contribution in [0.3, 0.4) is 0 Å². The molecule has 0 amide bonds. The van der Waals surface area contributed by atoms with Gasteiger partial charge in [0, 0.05) is 29.9 Å². The third-order valence-corrected chi connectivity index (χ3v) is 6.74. The highest BCUT2D eigenvalue weighted by Gasteiger charge is 2.33. The topological polar surface area (TPSA) is 70.0 Å². The molecule has 1 aliphatic rings. The predicted octanol–water partition coefficient (Wildman–Crippen LogP) is 3.35. The molecule has 1 N–H and O–H groups in total. The second-order valence-corrected chi connectivity index (χ2v) is 8.08. The van der Waals surface area contributed by atoms with E-state index in [4.69, 9.17) is 16.8 Å². The largest absolute Gasteiger partial charge is 0.411 e. The van der Waals surface area contributed by atoms with Gasteiger partial charge in [-0.1, -0.05) is 23.7 Å². The molecular formula is C13H16BrClN2O3S. The van der Waals surface area contributed by atoms with Gasteiger partial charge in [0.15, 0.2) is 0 Å². The minimum atomic E-state index is -3.57. The number of hydrogen-bond acceptors (Lipinski definition) is 4. The molecule has 2 rings (SSSR count). The Bertz CT molecular complexity index is 663. The number of halogens is 2. The zero-order valence-electron chi connectivity index (χ0n) is 11.5. The standard InChI is InChI=1S/C13H16BrClN2O3S/c1-2-9-8-17(6-5-13(9)16-18)21(19,20)10-3-4-12(15)11(14)7-10/h3-4,7,9,18H,2,5-6,8H2,1H3/b16-13+. The monoisotopic (exact) mass is 394 g/mol. The van der Waals surface area contributed by atoms with Crippen LogP contribution >= 0.6 is 27.5 Å². The van der Waals surface area contributed by atoms with Gasteiger partial charge in [0.05, 0.1) is 15.6 Å². The zero-order valence-corrected chi connectivity index (χ0v) is 14.6. The first-order chi connectivity index (χ1) is 9.90.